The number of cyclic esters (lactones) is 1. The first-order valence-corrected chi connectivity index (χ1v) is 10.5. The van der Waals surface area contributed by atoms with Gasteiger partial charge in [-0.05, 0) is 43.2 Å². The Hall–Kier alpha value is -1.75. The fourth-order valence-corrected chi connectivity index (χ4v) is 5.33. The van der Waals surface area contributed by atoms with Gasteiger partial charge in [-0.3, -0.25) is 4.79 Å². The first-order chi connectivity index (χ1) is 13.0. The molecule has 3 aliphatic rings. The molecule has 27 heavy (non-hydrogen) atoms. The Kier molecular flexibility index (Phi) is 5.06. The van der Waals surface area contributed by atoms with Crippen molar-refractivity contribution in [1.29, 1.82) is 0 Å². The average Bonchev–Trinajstić information content (AvgIpc) is 3.31. The largest absolute Gasteiger partial charge is 0.508 e. The molecule has 3 unspecified atom stereocenters. The van der Waals surface area contributed by atoms with Gasteiger partial charge in [0.1, 0.15) is 11.9 Å². The highest BCUT2D eigenvalue weighted by atomic mass is 16.6. The lowest BCUT2D eigenvalue weighted by molar-refractivity contribution is -0.149. The van der Waals surface area contributed by atoms with Crippen molar-refractivity contribution in [3.63, 3.8) is 0 Å². The van der Waals surface area contributed by atoms with Crippen molar-refractivity contribution >= 4 is 11.7 Å². The monoisotopic (exact) mass is 372 g/mol. The summed E-state index contributed by atoms with van der Waals surface area (Å²) in [6.07, 6.45) is 3.73. The first-order valence-electron chi connectivity index (χ1n) is 10.5. The Morgan fingerprint density at radius 1 is 1.15 bits per heavy atom. The molecule has 3 fully saturated rings. The smallest absolute Gasteiger partial charge is 0.312 e. The molecule has 3 aliphatic heterocycles. The molecule has 148 valence electrons. The van der Waals surface area contributed by atoms with E-state index in [1.807, 2.05) is 12.1 Å². The maximum atomic E-state index is 12.3. The van der Waals surface area contributed by atoms with Gasteiger partial charge in [0.05, 0.1) is 5.41 Å². The van der Waals surface area contributed by atoms with E-state index in [9.17, 15) is 9.90 Å². The van der Waals surface area contributed by atoms with Gasteiger partial charge < -0.3 is 19.6 Å². The van der Waals surface area contributed by atoms with E-state index in [2.05, 4.69) is 29.7 Å². The van der Waals surface area contributed by atoms with Gasteiger partial charge in [-0.15, -0.1) is 0 Å². The number of anilines is 1. The standard InChI is InChI=1S/C22H32N2O3/c1-3-22(4-2)11-20(27-21(22)26)8-9-23-12-16-14-24(15-17(16)13-23)18-6-5-7-19(25)10-18/h5-7,10,16-17,20,25H,3-4,8-9,11-15H2,1-2H3. The molecule has 1 aromatic rings. The third-order valence-corrected chi connectivity index (χ3v) is 7.20. The molecule has 4 rings (SSSR count). The molecule has 0 amide bonds. The molecular formula is C22H32N2O3. The number of carbonyl (C=O) groups is 1. The Morgan fingerprint density at radius 2 is 1.85 bits per heavy atom. The highest BCUT2D eigenvalue weighted by Gasteiger charge is 2.46. The molecule has 5 nitrogen and oxygen atoms in total. The van der Waals surface area contributed by atoms with Crippen LogP contribution in [0.3, 0.4) is 0 Å². The van der Waals surface area contributed by atoms with Crippen LogP contribution in [0.5, 0.6) is 5.75 Å². The fourth-order valence-electron chi connectivity index (χ4n) is 5.33. The van der Waals surface area contributed by atoms with Crippen molar-refractivity contribution < 1.29 is 14.6 Å². The quantitative estimate of drug-likeness (QED) is 0.777. The summed E-state index contributed by atoms with van der Waals surface area (Å²) in [7, 11) is 0. The minimum atomic E-state index is -0.228. The van der Waals surface area contributed by atoms with Crippen LogP contribution < -0.4 is 4.90 Å². The van der Waals surface area contributed by atoms with Gasteiger partial charge in [-0.2, -0.15) is 0 Å². The van der Waals surface area contributed by atoms with Gasteiger partial charge in [-0.25, -0.2) is 0 Å². The van der Waals surface area contributed by atoms with Gasteiger partial charge in [0.15, 0.2) is 0 Å². The summed E-state index contributed by atoms with van der Waals surface area (Å²) in [5.74, 6) is 1.76. The van der Waals surface area contributed by atoms with Crippen LogP contribution in [0.25, 0.3) is 0 Å². The molecule has 3 heterocycles. The van der Waals surface area contributed by atoms with E-state index >= 15 is 0 Å². The number of hydrogen-bond donors (Lipinski definition) is 1. The van der Waals surface area contributed by atoms with Crippen molar-refractivity contribution in [2.75, 3.05) is 37.6 Å². The molecular weight excluding hydrogens is 340 g/mol. The summed E-state index contributed by atoms with van der Waals surface area (Å²) < 4.78 is 5.70. The van der Waals surface area contributed by atoms with E-state index in [0.29, 0.717) is 17.6 Å². The topological polar surface area (TPSA) is 53.0 Å². The predicted molar refractivity (Wildman–Crippen MR) is 106 cm³/mol. The molecule has 1 aromatic carbocycles. The zero-order valence-electron chi connectivity index (χ0n) is 16.6. The third kappa shape index (κ3) is 3.54. The molecule has 5 heteroatoms. The SMILES string of the molecule is CCC1(CC)CC(CCN2CC3CN(c4cccc(O)c4)CC3C2)OC1=O. The molecule has 3 saturated heterocycles. The van der Waals surface area contributed by atoms with Crippen LogP contribution >= 0.6 is 0 Å². The summed E-state index contributed by atoms with van der Waals surface area (Å²) in [4.78, 5) is 17.2. The average molecular weight is 373 g/mol. The molecule has 0 bridgehead atoms. The number of likely N-dealkylation sites (tertiary alicyclic amines) is 1. The Labute approximate surface area is 162 Å². The van der Waals surface area contributed by atoms with Crippen LogP contribution in [-0.4, -0.2) is 54.8 Å². The van der Waals surface area contributed by atoms with Gasteiger partial charge >= 0.3 is 5.97 Å². The highest BCUT2D eigenvalue weighted by molar-refractivity contribution is 5.78. The normalized spacial score (nSPS) is 29.9. The molecule has 1 N–H and O–H groups in total. The third-order valence-electron chi connectivity index (χ3n) is 7.20. The van der Waals surface area contributed by atoms with Crippen molar-refractivity contribution in [2.24, 2.45) is 17.3 Å². The minimum absolute atomic E-state index is 0.0255. The molecule has 0 saturated carbocycles. The molecule has 0 radical (unpaired) electrons. The zero-order chi connectivity index (χ0) is 19.0. The summed E-state index contributed by atoms with van der Waals surface area (Å²) in [5.41, 5.74) is 0.901. The number of carbonyl (C=O) groups excluding carboxylic acids is 1. The van der Waals surface area contributed by atoms with Crippen molar-refractivity contribution in [3.8, 4) is 5.75 Å². The van der Waals surface area contributed by atoms with Crippen LogP contribution in [0.2, 0.25) is 0 Å². The van der Waals surface area contributed by atoms with E-state index in [1.165, 1.54) is 0 Å². The second-order valence-corrected chi connectivity index (χ2v) is 8.71. The van der Waals surface area contributed by atoms with Crippen LogP contribution in [-0.2, 0) is 9.53 Å². The zero-order valence-corrected chi connectivity index (χ0v) is 16.6. The van der Waals surface area contributed by atoms with Gasteiger partial charge in [0, 0.05) is 50.9 Å². The molecule has 0 aromatic heterocycles. The summed E-state index contributed by atoms with van der Waals surface area (Å²) in [5, 5.41) is 9.71. The number of nitrogens with zero attached hydrogens (tertiary/aromatic N) is 2. The lowest BCUT2D eigenvalue weighted by atomic mass is 9.79. The van der Waals surface area contributed by atoms with E-state index in [1.54, 1.807) is 6.07 Å². The number of benzene rings is 1. The Bertz CT molecular complexity index is 674. The van der Waals surface area contributed by atoms with E-state index in [-0.39, 0.29) is 17.5 Å². The second-order valence-electron chi connectivity index (χ2n) is 8.71. The number of phenolic OH excluding ortho intramolecular Hbond substituents is 1. The number of ether oxygens (including phenoxy) is 1. The van der Waals surface area contributed by atoms with Gasteiger partial charge in [0.2, 0.25) is 0 Å². The number of rotatable bonds is 6. The van der Waals surface area contributed by atoms with Crippen LogP contribution in [0.1, 0.15) is 39.5 Å². The van der Waals surface area contributed by atoms with Crippen LogP contribution in [0.4, 0.5) is 5.69 Å². The van der Waals surface area contributed by atoms with Crippen molar-refractivity contribution in [3.05, 3.63) is 24.3 Å². The Balaban J connectivity index is 1.26. The maximum Gasteiger partial charge on any atom is 0.312 e. The van der Waals surface area contributed by atoms with Crippen molar-refractivity contribution in [1.82, 2.24) is 4.90 Å². The summed E-state index contributed by atoms with van der Waals surface area (Å²) in [6, 6.07) is 7.59. The first kappa shape index (κ1) is 18.6. The summed E-state index contributed by atoms with van der Waals surface area (Å²) in [6.45, 7) is 9.64. The van der Waals surface area contributed by atoms with Crippen LogP contribution in [0, 0.1) is 17.3 Å². The fraction of sp³-hybridized carbons (Fsp3) is 0.682. The molecule has 0 aliphatic carbocycles. The molecule has 0 spiro atoms. The number of esters is 1. The summed E-state index contributed by atoms with van der Waals surface area (Å²) >= 11 is 0. The number of hydrogen-bond acceptors (Lipinski definition) is 5. The predicted octanol–water partition coefficient (Wildman–Crippen LogP) is 3.27. The van der Waals surface area contributed by atoms with E-state index in [0.717, 1.165) is 64.1 Å². The maximum absolute atomic E-state index is 12.3. The van der Waals surface area contributed by atoms with Gasteiger partial charge in [0.25, 0.3) is 0 Å². The number of fused-ring (bicyclic) bond motifs is 1. The van der Waals surface area contributed by atoms with E-state index in [4.69, 9.17) is 4.74 Å². The van der Waals surface area contributed by atoms with Gasteiger partial charge in [-0.1, -0.05) is 19.9 Å². The van der Waals surface area contributed by atoms with Crippen LogP contribution in [0.15, 0.2) is 24.3 Å². The lowest BCUT2D eigenvalue weighted by Gasteiger charge is -2.24. The van der Waals surface area contributed by atoms with Crippen molar-refractivity contribution in [2.45, 2.75) is 45.6 Å². The number of aromatic hydroxyl groups is 1. The Morgan fingerprint density at radius 3 is 2.44 bits per heavy atom. The second kappa shape index (κ2) is 7.34. The highest BCUT2D eigenvalue weighted by Crippen LogP contribution is 2.41. The minimum Gasteiger partial charge on any atom is -0.508 e. The number of phenols is 1. The van der Waals surface area contributed by atoms with E-state index < -0.39 is 0 Å². The lowest BCUT2D eigenvalue weighted by Crippen LogP contribution is -2.30. The molecule has 3 atom stereocenters.